The zero-order valence-electron chi connectivity index (χ0n) is 13.7. The Bertz CT molecular complexity index is 860. The summed E-state index contributed by atoms with van der Waals surface area (Å²) in [6, 6.07) is 10.9. The molecule has 5 nitrogen and oxygen atoms in total. The summed E-state index contributed by atoms with van der Waals surface area (Å²) >= 11 is 0. The van der Waals surface area contributed by atoms with Gasteiger partial charge in [-0.1, -0.05) is 12.1 Å². The molecule has 2 aromatic carbocycles. The minimum absolute atomic E-state index is 0.121. The van der Waals surface area contributed by atoms with Gasteiger partial charge in [0, 0.05) is 18.4 Å². The first-order valence-corrected chi connectivity index (χ1v) is 9.37. The van der Waals surface area contributed by atoms with Crippen LogP contribution in [-0.2, 0) is 16.3 Å². The monoisotopic (exact) mass is 387 g/mol. The standard InChI is InChI=1S/C17H16F3NO4S/c1-26(23,24)15-8-4-13(5-9-15)16(22)21-11-10-12-2-6-14(7-3-12)25-17(18,19)20/h2-9H,10-11H2,1H3,(H,21,22). The van der Waals surface area contributed by atoms with Crippen LogP contribution in [0.15, 0.2) is 53.4 Å². The van der Waals surface area contributed by atoms with Gasteiger partial charge in [-0.3, -0.25) is 4.79 Å². The Morgan fingerprint density at radius 3 is 2.12 bits per heavy atom. The van der Waals surface area contributed by atoms with Crippen LogP contribution in [0.5, 0.6) is 5.75 Å². The average Bonchev–Trinajstić information content (AvgIpc) is 2.54. The third kappa shape index (κ3) is 6.07. The minimum atomic E-state index is -4.73. The predicted octanol–water partition coefficient (Wildman–Crippen LogP) is 2.96. The Balaban J connectivity index is 1.86. The fourth-order valence-corrected chi connectivity index (χ4v) is 2.76. The van der Waals surface area contributed by atoms with Crippen LogP contribution in [0.3, 0.4) is 0 Å². The topological polar surface area (TPSA) is 72.5 Å². The molecule has 0 aliphatic rings. The SMILES string of the molecule is CS(=O)(=O)c1ccc(C(=O)NCCc2ccc(OC(F)(F)F)cc2)cc1. The highest BCUT2D eigenvalue weighted by molar-refractivity contribution is 7.90. The summed E-state index contributed by atoms with van der Waals surface area (Å²) in [7, 11) is -3.33. The van der Waals surface area contributed by atoms with Gasteiger partial charge in [0.05, 0.1) is 4.90 Å². The second kappa shape index (κ2) is 7.77. The first-order chi connectivity index (χ1) is 12.0. The molecule has 2 aromatic rings. The Morgan fingerprint density at radius 2 is 1.62 bits per heavy atom. The average molecular weight is 387 g/mol. The number of amides is 1. The number of sulfone groups is 1. The van der Waals surface area contributed by atoms with Gasteiger partial charge in [0.1, 0.15) is 5.75 Å². The minimum Gasteiger partial charge on any atom is -0.406 e. The molecule has 1 amide bonds. The van der Waals surface area contributed by atoms with Gasteiger partial charge in [-0.05, 0) is 48.4 Å². The quantitative estimate of drug-likeness (QED) is 0.827. The summed E-state index contributed by atoms with van der Waals surface area (Å²) in [5, 5.41) is 2.66. The molecule has 0 saturated carbocycles. The summed E-state index contributed by atoms with van der Waals surface area (Å²) in [5.41, 5.74) is 1.04. The van der Waals surface area contributed by atoms with Crippen LogP contribution in [-0.4, -0.2) is 33.5 Å². The summed E-state index contributed by atoms with van der Waals surface area (Å²) in [5.74, 6) is -0.682. The second-order valence-electron chi connectivity index (χ2n) is 5.49. The zero-order valence-corrected chi connectivity index (χ0v) is 14.5. The van der Waals surface area contributed by atoms with Crippen molar-refractivity contribution >= 4 is 15.7 Å². The van der Waals surface area contributed by atoms with E-state index in [0.717, 1.165) is 11.8 Å². The highest BCUT2D eigenvalue weighted by atomic mass is 32.2. The van der Waals surface area contributed by atoms with Crippen molar-refractivity contribution < 1.29 is 31.1 Å². The number of carbonyl (C=O) groups excluding carboxylic acids is 1. The lowest BCUT2D eigenvalue weighted by Gasteiger charge is -2.09. The van der Waals surface area contributed by atoms with Crippen molar-refractivity contribution in [2.24, 2.45) is 0 Å². The summed E-state index contributed by atoms with van der Waals surface area (Å²) in [4.78, 5) is 12.1. The van der Waals surface area contributed by atoms with E-state index in [-0.39, 0.29) is 23.1 Å². The fourth-order valence-electron chi connectivity index (χ4n) is 2.13. The molecule has 0 aliphatic carbocycles. The van der Waals surface area contributed by atoms with Crippen molar-refractivity contribution in [1.29, 1.82) is 0 Å². The molecule has 0 saturated heterocycles. The molecule has 140 valence electrons. The lowest BCUT2D eigenvalue weighted by Crippen LogP contribution is -2.25. The van der Waals surface area contributed by atoms with Crippen LogP contribution >= 0.6 is 0 Å². The smallest absolute Gasteiger partial charge is 0.406 e. The lowest BCUT2D eigenvalue weighted by molar-refractivity contribution is -0.274. The van der Waals surface area contributed by atoms with E-state index in [4.69, 9.17) is 0 Å². The Labute approximate surface area is 148 Å². The number of hydrogen-bond donors (Lipinski definition) is 1. The molecule has 0 aromatic heterocycles. The first kappa shape index (κ1) is 19.8. The van der Waals surface area contributed by atoms with E-state index in [1.165, 1.54) is 48.5 Å². The van der Waals surface area contributed by atoms with E-state index < -0.39 is 16.2 Å². The zero-order chi connectivity index (χ0) is 19.4. The molecule has 0 heterocycles. The van der Waals surface area contributed by atoms with E-state index >= 15 is 0 Å². The number of hydrogen-bond acceptors (Lipinski definition) is 4. The number of halogens is 3. The molecule has 1 N–H and O–H groups in total. The number of ether oxygens (including phenoxy) is 1. The third-order valence-electron chi connectivity index (χ3n) is 3.40. The van der Waals surface area contributed by atoms with Crippen LogP contribution < -0.4 is 10.1 Å². The molecule has 0 fully saturated rings. The maximum atomic E-state index is 12.1. The molecule has 0 spiro atoms. The van der Waals surface area contributed by atoms with Crippen molar-refractivity contribution in [3.05, 3.63) is 59.7 Å². The fraction of sp³-hybridized carbons (Fsp3) is 0.235. The highest BCUT2D eigenvalue weighted by Gasteiger charge is 2.30. The van der Waals surface area contributed by atoms with Gasteiger partial charge >= 0.3 is 6.36 Å². The normalized spacial score (nSPS) is 11.8. The molecule has 0 radical (unpaired) electrons. The van der Waals surface area contributed by atoms with Crippen LogP contribution in [0.4, 0.5) is 13.2 Å². The lowest BCUT2D eigenvalue weighted by atomic mass is 10.1. The van der Waals surface area contributed by atoms with Crippen LogP contribution in [0.1, 0.15) is 15.9 Å². The molecule has 2 rings (SSSR count). The molecule has 0 aliphatic heterocycles. The predicted molar refractivity (Wildman–Crippen MR) is 88.7 cm³/mol. The molecule has 0 atom stereocenters. The molecular formula is C17H16F3NO4S. The van der Waals surface area contributed by atoms with E-state index in [0.29, 0.717) is 12.0 Å². The van der Waals surface area contributed by atoms with E-state index in [1.54, 1.807) is 0 Å². The maximum absolute atomic E-state index is 12.1. The van der Waals surface area contributed by atoms with Crippen molar-refractivity contribution in [2.45, 2.75) is 17.7 Å². The Hall–Kier alpha value is -2.55. The second-order valence-corrected chi connectivity index (χ2v) is 7.51. The molecule has 26 heavy (non-hydrogen) atoms. The van der Waals surface area contributed by atoms with E-state index in [2.05, 4.69) is 10.1 Å². The maximum Gasteiger partial charge on any atom is 0.573 e. The molecular weight excluding hydrogens is 371 g/mol. The van der Waals surface area contributed by atoms with Crippen molar-refractivity contribution in [3.63, 3.8) is 0 Å². The van der Waals surface area contributed by atoms with Gasteiger partial charge in [-0.25, -0.2) is 8.42 Å². The summed E-state index contributed by atoms with van der Waals surface area (Å²) in [6.07, 6.45) is -3.24. The van der Waals surface area contributed by atoms with Crippen LogP contribution in [0.25, 0.3) is 0 Å². The number of rotatable bonds is 6. The van der Waals surface area contributed by atoms with Crippen molar-refractivity contribution in [1.82, 2.24) is 5.32 Å². The number of carbonyl (C=O) groups is 1. The largest absolute Gasteiger partial charge is 0.573 e. The molecule has 0 bridgehead atoms. The molecule has 0 unspecified atom stereocenters. The van der Waals surface area contributed by atoms with E-state index in [1.807, 2.05) is 0 Å². The van der Waals surface area contributed by atoms with Gasteiger partial charge in [0.15, 0.2) is 9.84 Å². The van der Waals surface area contributed by atoms with Crippen LogP contribution in [0, 0.1) is 0 Å². The van der Waals surface area contributed by atoms with Gasteiger partial charge in [-0.15, -0.1) is 13.2 Å². The van der Waals surface area contributed by atoms with Gasteiger partial charge < -0.3 is 10.1 Å². The van der Waals surface area contributed by atoms with Crippen molar-refractivity contribution in [2.75, 3.05) is 12.8 Å². The van der Waals surface area contributed by atoms with Crippen molar-refractivity contribution in [3.8, 4) is 5.75 Å². The third-order valence-corrected chi connectivity index (χ3v) is 4.53. The van der Waals surface area contributed by atoms with Crippen LogP contribution in [0.2, 0.25) is 0 Å². The number of benzene rings is 2. The first-order valence-electron chi connectivity index (χ1n) is 7.47. The Kier molecular flexibility index (Phi) is 5.91. The summed E-state index contributed by atoms with van der Waals surface area (Å²) in [6.45, 7) is 0.270. The summed E-state index contributed by atoms with van der Waals surface area (Å²) < 4.78 is 62.8. The molecule has 9 heteroatoms. The van der Waals surface area contributed by atoms with Gasteiger partial charge in [-0.2, -0.15) is 0 Å². The highest BCUT2D eigenvalue weighted by Crippen LogP contribution is 2.22. The number of alkyl halides is 3. The number of nitrogens with one attached hydrogen (secondary N) is 1. The van der Waals surface area contributed by atoms with Gasteiger partial charge in [0.25, 0.3) is 5.91 Å². The van der Waals surface area contributed by atoms with E-state index in [9.17, 15) is 26.4 Å². The van der Waals surface area contributed by atoms with Gasteiger partial charge in [0.2, 0.25) is 0 Å². The Morgan fingerprint density at radius 1 is 1.04 bits per heavy atom.